The SMILES string of the molecule is CN(C)CCCCNc1nc(N)nc(N2CCCC2)n1. The molecular weight excluding hydrogens is 254 g/mol. The second-order valence-electron chi connectivity index (χ2n) is 5.45. The van der Waals surface area contributed by atoms with Gasteiger partial charge in [-0.05, 0) is 46.3 Å². The number of nitrogens with zero attached hydrogens (tertiary/aromatic N) is 5. The molecule has 3 N–H and O–H groups in total. The summed E-state index contributed by atoms with van der Waals surface area (Å²) < 4.78 is 0. The van der Waals surface area contributed by atoms with Gasteiger partial charge in [-0.3, -0.25) is 0 Å². The van der Waals surface area contributed by atoms with E-state index in [0.717, 1.165) is 39.0 Å². The molecule has 0 aliphatic carbocycles. The smallest absolute Gasteiger partial charge is 0.231 e. The van der Waals surface area contributed by atoms with E-state index in [1.54, 1.807) is 0 Å². The van der Waals surface area contributed by atoms with Crippen LogP contribution in [0.3, 0.4) is 0 Å². The van der Waals surface area contributed by atoms with Crippen LogP contribution in [-0.4, -0.2) is 60.1 Å². The summed E-state index contributed by atoms with van der Waals surface area (Å²) in [6.07, 6.45) is 4.63. The lowest BCUT2D eigenvalue weighted by molar-refractivity contribution is 0.396. The molecule has 0 radical (unpaired) electrons. The van der Waals surface area contributed by atoms with Crippen LogP contribution in [0.5, 0.6) is 0 Å². The van der Waals surface area contributed by atoms with Crippen LogP contribution in [0, 0.1) is 0 Å². The van der Waals surface area contributed by atoms with Gasteiger partial charge in [-0.25, -0.2) is 0 Å². The Bertz CT molecular complexity index is 415. The minimum Gasteiger partial charge on any atom is -0.368 e. The van der Waals surface area contributed by atoms with Crippen LogP contribution in [0.1, 0.15) is 25.7 Å². The Labute approximate surface area is 120 Å². The first kappa shape index (κ1) is 14.8. The van der Waals surface area contributed by atoms with Crippen LogP contribution in [0.4, 0.5) is 17.8 Å². The summed E-state index contributed by atoms with van der Waals surface area (Å²) in [5.74, 6) is 1.58. The van der Waals surface area contributed by atoms with Crippen LogP contribution in [0.2, 0.25) is 0 Å². The van der Waals surface area contributed by atoms with E-state index < -0.39 is 0 Å². The van der Waals surface area contributed by atoms with Crippen molar-refractivity contribution in [3.8, 4) is 0 Å². The summed E-state index contributed by atoms with van der Waals surface area (Å²) in [5.41, 5.74) is 5.76. The average Bonchev–Trinajstić information content (AvgIpc) is 2.91. The number of hydrogen-bond donors (Lipinski definition) is 2. The predicted octanol–water partition coefficient (Wildman–Crippen LogP) is 0.808. The quantitative estimate of drug-likeness (QED) is 0.714. The molecule has 112 valence electrons. The van der Waals surface area contributed by atoms with Gasteiger partial charge in [0.05, 0.1) is 0 Å². The third kappa shape index (κ3) is 4.48. The fourth-order valence-corrected chi connectivity index (χ4v) is 2.27. The molecule has 2 rings (SSSR count). The van der Waals surface area contributed by atoms with Crippen molar-refractivity contribution in [1.29, 1.82) is 0 Å². The lowest BCUT2D eigenvalue weighted by Crippen LogP contribution is -2.22. The van der Waals surface area contributed by atoms with Gasteiger partial charge in [0.2, 0.25) is 17.8 Å². The molecule has 0 saturated carbocycles. The molecule has 7 nitrogen and oxygen atoms in total. The number of aromatic nitrogens is 3. The average molecular weight is 279 g/mol. The van der Waals surface area contributed by atoms with E-state index in [9.17, 15) is 0 Å². The van der Waals surface area contributed by atoms with Crippen molar-refractivity contribution in [2.24, 2.45) is 0 Å². The lowest BCUT2D eigenvalue weighted by atomic mass is 10.3. The molecule has 0 bridgehead atoms. The third-order valence-corrected chi connectivity index (χ3v) is 3.35. The largest absolute Gasteiger partial charge is 0.368 e. The molecule has 1 aromatic heterocycles. The van der Waals surface area contributed by atoms with Gasteiger partial charge in [0.1, 0.15) is 0 Å². The number of unbranched alkanes of at least 4 members (excludes halogenated alkanes) is 1. The molecule has 1 aliphatic heterocycles. The highest BCUT2D eigenvalue weighted by atomic mass is 15.3. The Morgan fingerprint density at radius 3 is 2.60 bits per heavy atom. The molecule has 0 unspecified atom stereocenters. The summed E-state index contributed by atoms with van der Waals surface area (Å²) in [6, 6.07) is 0. The van der Waals surface area contributed by atoms with Crippen molar-refractivity contribution in [3.05, 3.63) is 0 Å². The fourth-order valence-electron chi connectivity index (χ4n) is 2.27. The molecule has 0 amide bonds. The monoisotopic (exact) mass is 279 g/mol. The minimum absolute atomic E-state index is 0.290. The van der Waals surface area contributed by atoms with Gasteiger partial charge in [0, 0.05) is 19.6 Å². The third-order valence-electron chi connectivity index (χ3n) is 3.35. The number of nitrogens with two attached hydrogens (primary N) is 1. The van der Waals surface area contributed by atoms with E-state index >= 15 is 0 Å². The normalized spacial score (nSPS) is 15.1. The topological polar surface area (TPSA) is 83.2 Å². The predicted molar refractivity (Wildman–Crippen MR) is 82.0 cm³/mol. The highest BCUT2D eigenvalue weighted by Crippen LogP contribution is 2.17. The zero-order chi connectivity index (χ0) is 14.4. The number of nitrogen functional groups attached to an aromatic ring is 1. The van der Waals surface area contributed by atoms with E-state index in [-0.39, 0.29) is 5.95 Å². The van der Waals surface area contributed by atoms with Gasteiger partial charge in [0.15, 0.2) is 0 Å². The van der Waals surface area contributed by atoms with Gasteiger partial charge in [-0.1, -0.05) is 0 Å². The van der Waals surface area contributed by atoms with E-state index in [0.29, 0.717) is 11.9 Å². The van der Waals surface area contributed by atoms with Gasteiger partial charge in [-0.15, -0.1) is 0 Å². The van der Waals surface area contributed by atoms with E-state index in [1.807, 2.05) is 0 Å². The number of hydrogen-bond acceptors (Lipinski definition) is 7. The molecule has 0 aromatic carbocycles. The Morgan fingerprint density at radius 2 is 1.90 bits per heavy atom. The van der Waals surface area contributed by atoms with E-state index in [2.05, 4.69) is 44.2 Å². The Balaban J connectivity index is 1.84. The van der Waals surface area contributed by atoms with E-state index in [1.165, 1.54) is 12.8 Å². The minimum atomic E-state index is 0.290. The highest BCUT2D eigenvalue weighted by molar-refractivity contribution is 5.42. The van der Waals surface area contributed by atoms with Crippen molar-refractivity contribution >= 4 is 17.8 Å². The number of anilines is 3. The van der Waals surface area contributed by atoms with Crippen molar-refractivity contribution in [3.63, 3.8) is 0 Å². The molecule has 0 spiro atoms. The highest BCUT2D eigenvalue weighted by Gasteiger charge is 2.16. The number of rotatable bonds is 7. The molecule has 20 heavy (non-hydrogen) atoms. The molecule has 1 saturated heterocycles. The zero-order valence-electron chi connectivity index (χ0n) is 12.5. The van der Waals surface area contributed by atoms with Gasteiger partial charge in [0.25, 0.3) is 0 Å². The lowest BCUT2D eigenvalue weighted by Gasteiger charge is -2.16. The maximum atomic E-state index is 5.76. The summed E-state index contributed by atoms with van der Waals surface area (Å²) >= 11 is 0. The fraction of sp³-hybridized carbons (Fsp3) is 0.769. The van der Waals surface area contributed by atoms with Crippen molar-refractivity contribution in [1.82, 2.24) is 19.9 Å². The summed E-state index contributed by atoms with van der Waals surface area (Å²) in [6.45, 7) is 3.97. The molecule has 1 aliphatic rings. The van der Waals surface area contributed by atoms with Gasteiger partial charge >= 0.3 is 0 Å². The molecule has 0 atom stereocenters. The van der Waals surface area contributed by atoms with Gasteiger partial charge in [-0.2, -0.15) is 15.0 Å². The first-order chi connectivity index (χ1) is 9.65. The maximum Gasteiger partial charge on any atom is 0.231 e. The van der Waals surface area contributed by atoms with Crippen LogP contribution in [0.25, 0.3) is 0 Å². The zero-order valence-corrected chi connectivity index (χ0v) is 12.5. The van der Waals surface area contributed by atoms with Crippen LogP contribution in [0.15, 0.2) is 0 Å². The van der Waals surface area contributed by atoms with Crippen molar-refractivity contribution < 1.29 is 0 Å². The number of nitrogens with one attached hydrogen (secondary N) is 1. The van der Waals surface area contributed by atoms with Crippen molar-refractivity contribution in [2.75, 3.05) is 56.2 Å². The van der Waals surface area contributed by atoms with Gasteiger partial charge < -0.3 is 20.9 Å². The summed E-state index contributed by atoms with van der Waals surface area (Å²) in [7, 11) is 4.17. The molecule has 7 heteroatoms. The first-order valence-electron chi connectivity index (χ1n) is 7.30. The van der Waals surface area contributed by atoms with E-state index in [4.69, 9.17) is 5.73 Å². The Kier molecular flexibility index (Phi) is 5.34. The molecule has 1 aromatic rings. The Hall–Kier alpha value is -1.63. The van der Waals surface area contributed by atoms with Crippen LogP contribution >= 0.6 is 0 Å². The second kappa shape index (κ2) is 7.23. The van der Waals surface area contributed by atoms with Crippen LogP contribution < -0.4 is 16.0 Å². The summed E-state index contributed by atoms with van der Waals surface area (Å²) in [5, 5.41) is 3.24. The molecule has 1 fully saturated rings. The second-order valence-corrected chi connectivity index (χ2v) is 5.45. The molecule has 2 heterocycles. The van der Waals surface area contributed by atoms with Crippen molar-refractivity contribution in [2.45, 2.75) is 25.7 Å². The molecular formula is C13H25N7. The maximum absolute atomic E-state index is 5.76. The first-order valence-corrected chi connectivity index (χ1v) is 7.30. The Morgan fingerprint density at radius 1 is 1.15 bits per heavy atom. The standard InChI is InChI=1S/C13H25N7/c1-19(2)8-4-3-7-15-12-16-11(14)17-13(18-12)20-9-5-6-10-20/h3-10H2,1-2H3,(H3,14,15,16,17,18). The van der Waals surface area contributed by atoms with Crippen LogP contribution in [-0.2, 0) is 0 Å². The summed E-state index contributed by atoms with van der Waals surface area (Å²) in [4.78, 5) is 17.2.